The lowest BCUT2D eigenvalue weighted by atomic mass is 10.1. The molecule has 1 atom stereocenters. The lowest BCUT2D eigenvalue weighted by molar-refractivity contribution is -0.0917. The van der Waals surface area contributed by atoms with Gasteiger partial charge in [-0.05, 0) is 31.9 Å². The van der Waals surface area contributed by atoms with E-state index in [1.807, 2.05) is 0 Å². The first-order chi connectivity index (χ1) is 7.66. The van der Waals surface area contributed by atoms with Gasteiger partial charge >= 0.3 is 0 Å². The summed E-state index contributed by atoms with van der Waals surface area (Å²) >= 11 is 0. The molecule has 0 radical (unpaired) electrons. The van der Waals surface area contributed by atoms with Crippen molar-refractivity contribution in [1.82, 2.24) is 4.90 Å². The van der Waals surface area contributed by atoms with E-state index in [-0.39, 0.29) is 6.04 Å². The Bertz CT molecular complexity index is 334. The number of hydrogen-bond donors (Lipinski definition) is 2. The summed E-state index contributed by atoms with van der Waals surface area (Å²) in [7, 11) is 0. The van der Waals surface area contributed by atoms with Crippen molar-refractivity contribution in [1.29, 1.82) is 0 Å². The molecule has 88 valence electrons. The fourth-order valence-corrected chi connectivity index (χ4v) is 2.31. The predicted octanol–water partition coefficient (Wildman–Crippen LogP) is 1.27. The Morgan fingerprint density at radius 1 is 1.31 bits per heavy atom. The van der Waals surface area contributed by atoms with E-state index >= 15 is 0 Å². The summed E-state index contributed by atoms with van der Waals surface area (Å²) in [6.45, 7) is 3.83. The van der Waals surface area contributed by atoms with E-state index in [2.05, 4.69) is 36.1 Å². The van der Waals surface area contributed by atoms with Crippen molar-refractivity contribution >= 4 is 0 Å². The molecule has 0 aromatic heterocycles. The molecule has 0 amide bonds. The van der Waals surface area contributed by atoms with Crippen molar-refractivity contribution in [3.63, 3.8) is 0 Å². The van der Waals surface area contributed by atoms with Gasteiger partial charge in [-0.1, -0.05) is 29.8 Å². The normalized spacial score (nSPS) is 21.9. The molecule has 3 heteroatoms. The van der Waals surface area contributed by atoms with Crippen LogP contribution >= 0.6 is 0 Å². The zero-order chi connectivity index (χ0) is 11.5. The molecule has 1 aliphatic heterocycles. The van der Waals surface area contributed by atoms with Crippen molar-refractivity contribution in [2.45, 2.75) is 38.6 Å². The largest absolute Gasteiger partial charge is 0.367 e. The second-order valence-electron chi connectivity index (χ2n) is 4.58. The second-order valence-corrected chi connectivity index (χ2v) is 4.58. The number of aliphatic hydroxyl groups excluding tert-OH is 1. The molecule has 3 nitrogen and oxygen atoms in total. The van der Waals surface area contributed by atoms with E-state index in [0.717, 1.165) is 25.9 Å². The first-order valence-corrected chi connectivity index (χ1v) is 5.82. The Labute approximate surface area is 96.3 Å². The molecule has 0 bridgehead atoms. The molecule has 2 N–H and O–H groups in total. The zero-order valence-corrected chi connectivity index (χ0v) is 9.63. The zero-order valence-electron chi connectivity index (χ0n) is 9.63. The van der Waals surface area contributed by atoms with Gasteiger partial charge in [0.1, 0.15) is 0 Å². The molecule has 2 rings (SSSR count). The van der Waals surface area contributed by atoms with Gasteiger partial charge in [0, 0.05) is 6.54 Å². The Morgan fingerprint density at radius 3 is 2.62 bits per heavy atom. The number of hydrogen-bond acceptors (Lipinski definition) is 3. The van der Waals surface area contributed by atoms with Crippen molar-refractivity contribution in [3.05, 3.63) is 35.4 Å². The summed E-state index contributed by atoms with van der Waals surface area (Å²) in [5.74, 6) is 0. The summed E-state index contributed by atoms with van der Waals surface area (Å²) in [6.07, 6.45) is 0.713. The number of rotatable bonds is 3. The van der Waals surface area contributed by atoms with Gasteiger partial charge in [-0.15, -0.1) is 0 Å². The summed E-state index contributed by atoms with van der Waals surface area (Å²) in [5.41, 5.74) is 2.49. The van der Waals surface area contributed by atoms with E-state index in [1.54, 1.807) is 0 Å². The number of nitrogens with zero attached hydrogens (tertiary/aromatic N) is 1. The minimum absolute atomic E-state index is 0.0960. The van der Waals surface area contributed by atoms with Crippen LogP contribution in [0.1, 0.15) is 24.0 Å². The maximum atomic E-state index is 9.26. The standard InChI is InChI=1S/C13H19NO2/c1-10-4-6-11(7-5-10)9-14-8-2-3-12(14)13(15)16/h4-7,12-13,15-16H,2-3,8-9H2,1H3. The van der Waals surface area contributed by atoms with E-state index in [9.17, 15) is 10.2 Å². The lowest BCUT2D eigenvalue weighted by Gasteiger charge is -2.25. The molecular formula is C13H19NO2. The Balaban J connectivity index is 2.01. The molecular weight excluding hydrogens is 202 g/mol. The molecule has 1 unspecified atom stereocenters. The summed E-state index contributed by atoms with van der Waals surface area (Å²) in [6, 6.07) is 8.30. The molecule has 1 aliphatic rings. The third-order valence-electron chi connectivity index (χ3n) is 3.26. The van der Waals surface area contributed by atoms with Crippen molar-refractivity contribution in [2.24, 2.45) is 0 Å². The maximum absolute atomic E-state index is 9.26. The highest BCUT2D eigenvalue weighted by Crippen LogP contribution is 2.21. The molecule has 0 saturated carbocycles. The first-order valence-electron chi connectivity index (χ1n) is 5.82. The van der Waals surface area contributed by atoms with Crippen LogP contribution in [0.3, 0.4) is 0 Å². The molecule has 1 aromatic carbocycles. The van der Waals surface area contributed by atoms with Crippen LogP contribution in [-0.4, -0.2) is 34.0 Å². The third-order valence-corrected chi connectivity index (χ3v) is 3.26. The fourth-order valence-electron chi connectivity index (χ4n) is 2.31. The number of benzene rings is 1. The molecule has 1 aromatic rings. The Hall–Kier alpha value is -0.900. The number of aryl methyl sites for hydroxylation is 1. The number of likely N-dealkylation sites (tertiary alicyclic amines) is 1. The van der Waals surface area contributed by atoms with Gasteiger partial charge in [-0.3, -0.25) is 4.90 Å². The van der Waals surface area contributed by atoms with Crippen LogP contribution in [0.15, 0.2) is 24.3 Å². The third kappa shape index (κ3) is 2.61. The molecule has 16 heavy (non-hydrogen) atoms. The van der Waals surface area contributed by atoms with Gasteiger partial charge in [-0.2, -0.15) is 0 Å². The van der Waals surface area contributed by atoms with Crippen LogP contribution in [0.4, 0.5) is 0 Å². The summed E-state index contributed by atoms with van der Waals surface area (Å²) in [5, 5.41) is 18.5. The molecule has 0 spiro atoms. The van der Waals surface area contributed by atoms with E-state index in [4.69, 9.17) is 0 Å². The fraction of sp³-hybridized carbons (Fsp3) is 0.538. The van der Waals surface area contributed by atoms with Gasteiger partial charge in [0.15, 0.2) is 6.29 Å². The van der Waals surface area contributed by atoms with Crippen LogP contribution in [0.5, 0.6) is 0 Å². The van der Waals surface area contributed by atoms with Gasteiger partial charge in [0.05, 0.1) is 6.04 Å². The molecule has 1 heterocycles. The highest BCUT2D eigenvalue weighted by molar-refractivity contribution is 5.21. The van der Waals surface area contributed by atoms with E-state index in [0.29, 0.717) is 0 Å². The van der Waals surface area contributed by atoms with Gasteiger partial charge < -0.3 is 10.2 Å². The van der Waals surface area contributed by atoms with Crippen LogP contribution in [-0.2, 0) is 6.54 Å². The molecule has 1 fully saturated rings. The Kier molecular flexibility index (Phi) is 3.59. The lowest BCUT2D eigenvalue weighted by Crippen LogP contribution is -2.38. The van der Waals surface area contributed by atoms with Crippen LogP contribution in [0.25, 0.3) is 0 Å². The molecule has 1 saturated heterocycles. The predicted molar refractivity (Wildman–Crippen MR) is 62.8 cm³/mol. The minimum atomic E-state index is -1.21. The highest BCUT2D eigenvalue weighted by atomic mass is 16.5. The average Bonchev–Trinajstić information content (AvgIpc) is 2.69. The Morgan fingerprint density at radius 2 is 2.00 bits per heavy atom. The topological polar surface area (TPSA) is 43.7 Å². The summed E-state index contributed by atoms with van der Waals surface area (Å²) < 4.78 is 0. The average molecular weight is 221 g/mol. The smallest absolute Gasteiger partial charge is 0.167 e. The minimum Gasteiger partial charge on any atom is -0.367 e. The van der Waals surface area contributed by atoms with Crippen molar-refractivity contribution in [2.75, 3.05) is 6.54 Å². The van der Waals surface area contributed by atoms with Crippen LogP contribution in [0, 0.1) is 6.92 Å². The van der Waals surface area contributed by atoms with E-state index in [1.165, 1.54) is 11.1 Å². The molecule has 0 aliphatic carbocycles. The number of aliphatic hydroxyl groups is 2. The monoisotopic (exact) mass is 221 g/mol. The summed E-state index contributed by atoms with van der Waals surface area (Å²) in [4.78, 5) is 2.15. The van der Waals surface area contributed by atoms with Crippen molar-refractivity contribution < 1.29 is 10.2 Å². The van der Waals surface area contributed by atoms with Gasteiger partial charge in [0.25, 0.3) is 0 Å². The van der Waals surface area contributed by atoms with Crippen LogP contribution in [0.2, 0.25) is 0 Å². The van der Waals surface area contributed by atoms with Gasteiger partial charge in [0.2, 0.25) is 0 Å². The first kappa shape index (κ1) is 11.6. The highest BCUT2D eigenvalue weighted by Gasteiger charge is 2.29. The quantitative estimate of drug-likeness (QED) is 0.755. The van der Waals surface area contributed by atoms with E-state index < -0.39 is 6.29 Å². The SMILES string of the molecule is Cc1ccc(CN2CCCC2C(O)O)cc1. The van der Waals surface area contributed by atoms with Gasteiger partial charge in [-0.25, -0.2) is 0 Å². The second kappa shape index (κ2) is 4.95. The van der Waals surface area contributed by atoms with Crippen molar-refractivity contribution in [3.8, 4) is 0 Å². The maximum Gasteiger partial charge on any atom is 0.167 e. The van der Waals surface area contributed by atoms with Crippen LogP contribution < -0.4 is 0 Å².